The lowest BCUT2D eigenvalue weighted by Gasteiger charge is -2.12. The number of oxazole rings is 1. The van der Waals surface area contributed by atoms with E-state index in [4.69, 9.17) is 4.42 Å². The van der Waals surface area contributed by atoms with Crippen LogP contribution in [0.25, 0.3) is 11.3 Å². The Hall–Kier alpha value is -2.72. The molecule has 0 aliphatic rings. The first-order chi connectivity index (χ1) is 11.2. The molecule has 1 aromatic heterocycles. The third kappa shape index (κ3) is 3.22. The molecule has 0 unspecified atom stereocenters. The van der Waals surface area contributed by atoms with Crippen molar-refractivity contribution in [2.75, 3.05) is 0 Å². The predicted molar refractivity (Wildman–Crippen MR) is 87.2 cm³/mol. The van der Waals surface area contributed by atoms with Crippen LogP contribution in [0.15, 0.2) is 53.5 Å². The molecule has 0 saturated heterocycles. The maximum Gasteiger partial charge on any atom is 0.181 e. The number of aromatic nitrogens is 1. The lowest BCUT2D eigenvalue weighted by molar-refractivity contribution is 0.112. The first-order valence-corrected chi connectivity index (χ1v) is 7.37. The van der Waals surface area contributed by atoms with Gasteiger partial charge in [-0.15, -0.1) is 0 Å². The summed E-state index contributed by atoms with van der Waals surface area (Å²) in [4.78, 5) is 15.2. The number of aliphatic hydroxyl groups excluding tert-OH is 1. The van der Waals surface area contributed by atoms with Crippen LogP contribution in [0.4, 0.5) is 0 Å². The summed E-state index contributed by atoms with van der Waals surface area (Å²) in [6.07, 6.45) is 4.55. The number of nitrogens with zero attached hydrogens (tertiary/aromatic N) is 1. The van der Waals surface area contributed by atoms with Crippen molar-refractivity contribution in [2.24, 2.45) is 0 Å². The van der Waals surface area contributed by atoms with Crippen molar-refractivity contribution in [2.45, 2.75) is 20.0 Å². The van der Waals surface area contributed by atoms with Crippen LogP contribution in [0.2, 0.25) is 0 Å². The summed E-state index contributed by atoms with van der Waals surface area (Å²) >= 11 is 0. The molecule has 23 heavy (non-hydrogen) atoms. The fourth-order valence-corrected chi connectivity index (χ4v) is 2.65. The van der Waals surface area contributed by atoms with E-state index in [-0.39, 0.29) is 6.61 Å². The number of hydrogen-bond acceptors (Lipinski definition) is 4. The second kappa shape index (κ2) is 6.58. The van der Waals surface area contributed by atoms with Gasteiger partial charge in [0.1, 0.15) is 18.2 Å². The molecule has 0 amide bonds. The van der Waals surface area contributed by atoms with Gasteiger partial charge in [0.15, 0.2) is 6.39 Å². The minimum Gasteiger partial charge on any atom is -0.451 e. The molecule has 1 heterocycles. The highest BCUT2D eigenvalue weighted by molar-refractivity contribution is 5.76. The fourth-order valence-electron chi connectivity index (χ4n) is 2.65. The molecule has 0 fully saturated rings. The molecular formula is C19H17NO3. The van der Waals surface area contributed by atoms with Crippen molar-refractivity contribution < 1.29 is 14.3 Å². The molecule has 116 valence electrons. The number of aliphatic hydroxyl groups is 1. The van der Waals surface area contributed by atoms with Gasteiger partial charge in [0.05, 0.1) is 6.61 Å². The molecule has 4 nitrogen and oxygen atoms in total. The summed E-state index contributed by atoms with van der Waals surface area (Å²) in [5, 5.41) is 9.44. The fraction of sp³-hybridized carbons (Fsp3) is 0.158. The minimum atomic E-state index is -0.0639. The van der Waals surface area contributed by atoms with Crippen molar-refractivity contribution in [3.05, 3.63) is 76.9 Å². The largest absolute Gasteiger partial charge is 0.451 e. The molecule has 0 saturated carbocycles. The van der Waals surface area contributed by atoms with Gasteiger partial charge in [-0.25, -0.2) is 4.98 Å². The first-order valence-electron chi connectivity index (χ1n) is 7.37. The van der Waals surface area contributed by atoms with Gasteiger partial charge in [-0.1, -0.05) is 24.3 Å². The average Bonchev–Trinajstić information content (AvgIpc) is 3.12. The zero-order valence-electron chi connectivity index (χ0n) is 12.8. The number of aldehydes is 1. The van der Waals surface area contributed by atoms with Crippen LogP contribution in [-0.4, -0.2) is 16.4 Å². The molecule has 0 aliphatic carbocycles. The molecule has 4 heteroatoms. The Morgan fingerprint density at radius 3 is 2.52 bits per heavy atom. The molecule has 0 bridgehead atoms. The Balaban J connectivity index is 1.88. The van der Waals surface area contributed by atoms with E-state index in [1.807, 2.05) is 37.3 Å². The molecule has 3 aromatic rings. The molecule has 2 aromatic carbocycles. The first kappa shape index (κ1) is 15.2. The van der Waals surface area contributed by atoms with Crippen LogP contribution in [0.5, 0.6) is 0 Å². The van der Waals surface area contributed by atoms with E-state index < -0.39 is 0 Å². The van der Waals surface area contributed by atoms with Gasteiger partial charge in [0.2, 0.25) is 0 Å². The Bertz CT molecular complexity index is 805. The van der Waals surface area contributed by atoms with Gasteiger partial charge in [-0.05, 0) is 47.7 Å². The van der Waals surface area contributed by atoms with Crippen molar-refractivity contribution in [1.82, 2.24) is 4.98 Å². The molecular weight excluding hydrogens is 290 g/mol. The molecule has 1 N–H and O–H groups in total. The molecule has 0 radical (unpaired) electrons. The van der Waals surface area contributed by atoms with Crippen LogP contribution in [0.1, 0.15) is 32.6 Å². The van der Waals surface area contributed by atoms with Gasteiger partial charge in [-0.3, -0.25) is 4.79 Å². The lowest BCUT2D eigenvalue weighted by Crippen LogP contribution is -2.00. The zero-order chi connectivity index (χ0) is 16.2. The van der Waals surface area contributed by atoms with Crippen LogP contribution in [0, 0.1) is 6.92 Å². The van der Waals surface area contributed by atoms with E-state index in [0.717, 1.165) is 39.8 Å². The van der Waals surface area contributed by atoms with E-state index in [1.54, 1.807) is 12.3 Å². The summed E-state index contributed by atoms with van der Waals surface area (Å²) in [5.74, 6) is 0. The second-order valence-corrected chi connectivity index (χ2v) is 5.49. The third-order valence-electron chi connectivity index (χ3n) is 4.03. The van der Waals surface area contributed by atoms with Crippen molar-refractivity contribution in [3.63, 3.8) is 0 Å². The van der Waals surface area contributed by atoms with Gasteiger partial charge >= 0.3 is 0 Å². The SMILES string of the molecule is Cc1c(CO)cc(C=O)cc1Cc1ccc(-c2cocn2)cc1. The van der Waals surface area contributed by atoms with E-state index in [9.17, 15) is 9.90 Å². The predicted octanol–water partition coefficient (Wildman–Crippen LogP) is 3.55. The number of hydrogen-bond donors (Lipinski definition) is 1. The smallest absolute Gasteiger partial charge is 0.181 e. The number of benzene rings is 2. The van der Waals surface area contributed by atoms with Crippen LogP contribution < -0.4 is 0 Å². The Morgan fingerprint density at radius 2 is 1.91 bits per heavy atom. The van der Waals surface area contributed by atoms with Crippen molar-refractivity contribution in [1.29, 1.82) is 0 Å². The zero-order valence-corrected chi connectivity index (χ0v) is 12.8. The Kier molecular flexibility index (Phi) is 4.35. The molecule has 0 aliphatic heterocycles. The monoisotopic (exact) mass is 307 g/mol. The maximum atomic E-state index is 11.1. The Labute approximate surface area is 134 Å². The highest BCUT2D eigenvalue weighted by atomic mass is 16.3. The van der Waals surface area contributed by atoms with Crippen molar-refractivity contribution in [3.8, 4) is 11.3 Å². The van der Waals surface area contributed by atoms with E-state index >= 15 is 0 Å². The molecule has 3 rings (SSSR count). The van der Waals surface area contributed by atoms with Crippen molar-refractivity contribution >= 4 is 6.29 Å². The van der Waals surface area contributed by atoms with E-state index in [1.165, 1.54) is 6.39 Å². The second-order valence-electron chi connectivity index (χ2n) is 5.49. The highest BCUT2D eigenvalue weighted by Crippen LogP contribution is 2.22. The topological polar surface area (TPSA) is 63.3 Å². The lowest BCUT2D eigenvalue weighted by atomic mass is 9.94. The van der Waals surface area contributed by atoms with Crippen LogP contribution in [0.3, 0.4) is 0 Å². The quantitative estimate of drug-likeness (QED) is 0.732. The maximum absolute atomic E-state index is 11.1. The van der Waals surface area contributed by atoms with E-state index in [2.05, 4.69) is 4.98 Å². The number of carbonyl (C=O) groups is 1. The van der Waals surface area contributed by atoms with Gasteiger partial charge in [-0.2, -0.15) is 0 Å². The average molecular weight is 307 g/mol. The van der Waals surface area contributed by atoms with Gasteiger partial charge < -0.3 is 9.52 Å². The highest BCUT2D eigenvalue weighted by Gasteiger charge is 2.08. The minimum absolute atomic E-state index is 0.0639. The summed E-state index contributed by atoms with van der Waals surface area (Å²) < 4.78 is 4.99. The van der Waals surface area contributed by atoms with E-state index in [0.29, 0.717) is 12.0 Å². The summed E-state index contributed by atoms with van der Waals surface area (Å²) in [5.41, 5.74) is 6.40. The Morgan fingerprint density at radius 1 is 1.17 bits per heavy atom. The standard InChI is InChI=1S/C19H17NO3/c1-13-17(7-15(9-21)8-18(13)10-22)6-14-2-4-16(5-3-14)19-11-23-12-20-19/h2-5,7-9,11-12,22H,6,10H2,1H3. The van der Waals surface area contributed by atoms with Gasteiger partial charge in [0, 0.05) is 11.1 Å². The van der Waals surface area contributed by atoms with Crippen LogP contribution >= 0.6 is 0 Å². The normalized spacial score (nSPS) is 10.7. The summed E-state index contributed by atoms with van der Waals surface area (Å²) in [7, 11) is 0. The van der Waals surface area contributed by atoms with Crippen LogP contribution in [-0.2, 0) is 13.0 Å². The third-order valence-corrected chi connectivity index (χ3v) is 4.03. The molecule has 0 atom stereocenters. The summed E-state index contributed by atoms with van der Waals surface area (Å²) in [6, 6.07) is 11.7. The molecule has 0 spiro atoms. The van der Waals surface area contributed by atoms with Gasteiger partial charge in [0.25, 0.3) is 0 Å². The number of carbonyl (C=O) groups excluding carboxylic acids is 1. The number of rotatable bonds is 5. The summed E-state index contributed by atoms with van der Waals surface area (Å²) in [6.45, 7) is 1.91.